The van der Waals surface area contributed by atoms with Crippen LogP contribution < -0.4 is 15.4 Å². The molecule has 0 bridgehead atoms. The average Bonchev–Trinajstić information content (AvgIpc) is 3.29. The summed E-state index contributed by atoms with van der Waals surface area (Å²) in [7, 11) is 0. The van der Waals surface area contributed by atoms with Gasteiger partial charge in [-0.2, -0.15) is 5.10 Å². The van der Waals surface area contributed by atoms with Crippen LogP contribution in [0.25, 0.3) is 22.2 Å². The monoisotopic (exact) mass is 491 g/mol. The number of benzene rings is 2. The quantitative estimate of drug-likeness (QED) is 0.421. The molecule has 0 fully saturated rings. The van der Waals surface area contributed by atoms with Crippen LogP contribution in [-0.4, -0.2) is 33.6 Å². The number of amides is 2. The summed E-state index contributed by atoms with van der Waals surface area (Å²) in [6, 6.07) is 8.70. The summed E-state index contributed by atoms with van der Waals surface area (Å²) in [5.41, 5.74) is 9.35. The zero-order valence-corrected chi connectivity index (χ0v) is 19.6. The predicted molar refractivity (Wildman–Crippen MR) is 129 cm³/mol. The van der Waals surface area contributed by atoms with Crippen molar-refractivity contribution in [1.29, 1.82) is 0 Å². The number of nitrogens with one attached hydrogen (secondary N) is 1. The number of pyridine rings is 1. The normalized spacial score (nSPS) is 13.2. The highest BCUT2D eigenvalue weighted by Gasteiger charge is 2.28. The van der Waals surface area contributed by atoms with E-state index in [1.165, 1.54) is 11.0 Å². The van der Waals surface area contributed by atoms with Gasteiger partial charge in [0.2, 0.25) is 0 Å². The molecule has 3 heterocycles. The van der Waals surface area contributed by atoms with Gasteiger partial charge in [0.05, 0.1) is 29.7 Å². The second kappa shape index (κ2) is 9.03. The number of halogens is 2. The van der Waals surface area contributed by atoms with Crippen LogP contribution in [0.15, 0.2) is 42.6 Å². The number of carbonyl (C=O) groups excluding carboxylic acids is 2. The molecule has 0 aliphatic carbocycles. The maximum Gasteiger partial charge on any atom is 0.265 e. The molecule has 0 spiro atoms. The van der Waals surface area contributed by atoms with Gasteiger partial charge in [-0.15, -0.1) is 0 Å². The molecule has 2 amide bonds. The lowest BCUT2D eigenvalue weighted by Gasteiger charge is -2.30. The molecule has 8 nitrogen and oxygen atoms in total. The van der Waals surface area contributed by atoms with E-state index in [4.69, 9.17) is 10.5 Å². The minimum absolute atomic E-state index is 0.0397. The third-order valence-corrected chi connectivity index (χ3v) is 6.04. The van der Waals surface area contributed by atoms with Crippen LogP contribution >= 0.6 is 0 Å². The van der Waals surface area contributed by atoms with Crippen LogP contribution in [0.1, 0.15) is 35.5 Å². The van der Waals surface area contributed by atoms with Crippen LogP contribution in [0.5, 0.6) is 5.75 Å². The van der Waals surface area contributed by atoms with E-state index in [9.17, 15) is 18.4 Å². The molecule has 36 heavy (non-hydrogen) atoms. The van der Waals surface area contributed by atoms with Gasteiger partial charge in [0.1, 0.15) is 5.75 Å². The molecule has 3 N–H and O–H groups in total. The summed E-state index contributed by atoms with van der Waals surface area (Å²) in [5, 5.41) is 7.59. The first kappa shape index (κ1) is 23.4. The molecule has 0 saturated carbocycles. The molecular weight excluding hydrogens is 468 g/mol. The van der Waals surface area contributed by atoms with Crippen molar-refractivity contribution in [2.45, 2.75) is 26.8 Å². The molecule has 2 aromatic carbocycles. The zero-order valence-electron chi connectivity index (χ0n) is 19.6. The Balaban J connectivity index is 1.62. The molecule has 1 aliphatic rings. The van der Waals surface area contributed by atoms with E-state index in [2.05, 4.69) is 15.2 Å². The third-order valence-electron chi connectivity index (χ3n) is 6.04. The molecule has 0 saturated heterocycles. The number of ether oxygens (including phenoxy) is 1. The minimum Gasteiger partial charge on any atom is -0.482 e. The number of fused-ring (bicyclic) bond motifs is 2. The molecule has 0 unspecified atom stereocenters. The van der Waals surface area contributed by atoms with Crippen LogP contribution in [0.4, 0.5) is 14.5 Å². The largest absolute Gasteiger partial charge is 0.482 e. The molecule has 1 aliphatic heterocycles. The maximum absolute atomic E-state index is 13.7. The first-order valence-corrected chi connectivity index (χ1v) is 11.4. The molecule has 0 radical (unpaired) electrons. The summed E-state index contributed by atoms with van der Waals surface area (Å²) in [6.07, 6.45) is 2.13. The number of hydrogen-bond donors (Lipinski definition) is 2. The highest BCUT2D eigenvalue weighted by atomic mass is 19.2. The fraction of sp³-hybridized carbons (Fsp3) is 0.231. The number of carbonyl (C=O) groups is 2. The maximum atomic E-state index is 13.7. The topological polar surface area (TPSA) is 114 Å². The Morgan fingerprint density at radius 3 is 2.72 bits per heavy atom. The minimum atomic E-state index is -0.984. The third kappa shape index (κ3) is 4.15. The molecule has 10 heteroatoms. The van der Waals surface area contributed by atoms with Crippen LogP contribution in [0.3, 0.4) is 0 Å². The van der Waals surface area contributed by atoms with E-state index in [1.54, 1.807) is 24.4 Å². The second-order valence-electron chi connectivity index (χ2n) is 9.10. The lowest BCUT2D eigenvalue weighted by atomic mass is 9.92. The van der Waals surface area contributed by atoms with Gasteiger partial charge in [-0.05, 0) is 47.7 Å². The van der Waals surface area contributed by atoms with Crippen LogP contribution in [-0.2, 0) is 17.8 Å². The lowest BCUT2D eigenvalue weighted by molar-refractivity contribution is -0.121. The Hall–Kier alpha value is -4.34. The standard InChI is InChI=1S/C26H23F2N5O3/c1-13(2)7-19-24(25(29)35)23(16-10-30-32-26(16)31-19)15-4-6-20-21(9-15)36-12-22(34)33(20)11-14-3-5-17(27)18(28)8-14/h3-6,8-10,13H,7,11-12H2,1-2H3,(H2,29,35)(H,30,31,32). The van der Waals surface area contributed by atoms with E-state index >= 15 is 0 Å². The fourth-order valence-electron chi connectivity index (χ4n) is 4.47. The molecule has 4 aromatic rings. The number of primary amides is 1. The number of nitrogens with two attached hydrogens (primary N) is 1. The summed E-state index contributed by atoms with van der Waals surface area (Å²) >= 11 is 0. The van der Waals surface area contributed by atoms with Gasteiger partial charge in [0.15, 0.2) is 23.9 Å². The molecule has 184 valence electrons. The van der Waals surface area contributed by atoms with Crippen molar-refractivity contribution < 1.29 is 23.1 Å². The van der Waals surface area contributed by atoms with Crippen molar-refractivity contribution in [3.63, 3.8) is 0 Å². The molecule has 2 aromatic heterocycles. The van der Waals surface area contributed by atoms with Crippen molar-refractivity contribution in [3.05, 3.63) is 71.1 Å². The van der Waals surface area contributed by atoms with E-state index in [0.29, 0.717) is 56.8 Å². The SMILES string of the molecule is CC(C)Cc1nc2[nH]ncc2c(-c2ccc3c(c2)OCC(=O)N3Cc2ccc(F)c(F)c2)c1C(N)=O. The first-order chi connectivity index (χ1) is 17.2. The van der Waals surface area contributed by atoms with Crippen molar-refractivity contribution in [2.24, 2.45) is 11.7 Å². The summed E-state index contributed by atoms with van der Waals surface area (Å²) in [6.45, 7) is 3.86. The van der Waals surface area contributed by atoms with Crippen molar-refractivity contribution >= 4 is 28.5 Å². The number of anilines is 1. The number of nitrogens with zero attached hydrogens (tertiary/aromatic N) is 3. The highest BCUT2D eigenvalue weighted by molar-refractivity contribution is 6.09. The van der Waals surface area contributed by atoms with Gasteiger partial charge in [0.25, 0.3) is 11.8 Å². The Labute approximate surface area is 205 Å². The second-order valence-corrected chi connectivity index (χ2v) is 9.10. The number of H-pyrrole nitrogens is 1. The van der Waals surface area contributed by atoms with Crippen LogP contribution in [0.2, 0.25) is 0 Å². The van der Waals surface area contributed by atoms with Gasteiger partial charge >= 0.3 is 0 Å². The molecule has 0 atom stereocenters. The van der Waals surface area contributed by atoms with Crippen LogP contribution in [0, 0.1) is 17.6 Å². The smallest absolute Gasteiger partial charge is 0.265 e. The lowest BCUT2D eigenvalue weighted by Crippen LogP contribution is -2.38. The Kier molecular flexibility index (Phi) is 5.87. The van der Waals surface area contributed by atoms with E-state index in [1.807, 2.05) is 13.8 Å². The highest BCUT2D eigenvalue weighted by Crippen LogP contribution is 2.40. The van der Waals surface area contributed by atoms with E-state index < -0.39 is 17.5 Å². The Bertz CT molecular complexity index is 1520. The zero-order chi connectivity index (χ0) is 25.6. The predicted octanol–water partition coefficient (Wildman–Crippen LogP) is 4.13. The van der Waals surface area contributed by atoms with Gasteiger partial charge in [-0.25, -0.2) is 13.8 Å². The summed E-state index contributed by atoms with van der Waals surface area (Å²) < 4.78 is 32.8. The van der Waals surface area contributed by atoms with E-state index in [-0.39, 0.29) is 25.0 Å². The molecule has 5 rings (SSSR count). The number of hydrogen-bond acceptors (Lipinski definition) is 5. The average molecular weight is 491 g/mol. The van der Waals surface area contributed by atoms with Gasteiger partial charge in [0, 0.05) is 10.9 Å². The first-order valence-electron chi connectivity index (χ1n) is 11.4. The van der Waals surface area contributed by atoms with Crippen molar-refractivity contribution in [3.8, 4) is 16.9 Å². The number of aromatic amines is 1. The van der Waals surface area contributed by atoms with Gasteiger partial charge in [-0.3, -0.25) is 14.7 Å². The molecular formula is C26H23F2N5O3. The van der Waals surface area contributed by atoms with Crippen molar-refractivity contribution in [1.82, 2.24) is 15.2 Å². The fourth-order valence-corrected chi connectivity index (χ4v) is 4.47. The van der Waals surface area contributed by atoms with Gasteiger partial charge < -0.3 is 15.4 Å². The van der Waals surface area contributed by atoms with Crippen molar-refractivity contribution in [2.75, 3.05) is 11.5 Å². The number of aromatic nitrogens is 3. The Morgan fingerprint density at radius 1 is 1.19 bits per heavy atom. The number of rotatable bonds is 6. The summed E-state index contributed by atoms with van der Waals surface area (Å²) in [5.74, 6) is -2.23. The summed E-state index contributed by atoms with van der Waals surface area (Å²) in [4.78, 5) is 31.3. The van der Waals surface area contributed by atoms with Gasteiger partial charge in [-0.1, -0.05) is 26.0 Å². The Morgan fingerprint density at radius 2 is 2.00 bits per heavy atom. The van der Waals surface area contributed by atoms with E-state index in [0.717, 1.165) is 12.1 Å².